The van der Waals surface area contributed by atoms with Crippen molar-refractivity contribution in [1.29, 1.82) is 0 Å². The van der Waals surface area contributed by atoms with Gasteiger partial charge in [0.05, 0.1) is 17.3 Å². The van der Waals surface area contributed by atoms with Crippen LogP contribution in [0, 0.1) is 12.7 Å². The number of allylic oxidation sites excluding steroid dienone is 4. The van der Waals surface area contributed by atoms with Crippen LogP contribution in [-0.4, -0.2) is 26.9 Å². The van der Waals surface area contributed by atoms with E-state index in [0.717, 1.165) is 5.56 Å². The third-order valence-corrected chi connectivity index (χ3v) is 4.70. The summed E-state index contributed by atoms with van der Waals surface area (Å²) in [5, 5.41) is 9.48. The van der Waals surface area contributed by atoms with Crippen molar-refractivity contribution in [2.24, 2.45) is 0 Å². The average molecular weight is 362 g/mol. The Kier molecular flexibility index (Phi) is 4.77. The van der Waals surface area contributed by atoms with Crippen LogP contribution in [0.15, 0.2) is 42.0 Å². The van der Waals surface area contributed by atoms with Crippen LogP contribution in [0.2, 0.25) is 0 Å². The number of rotatable bonds is 4. The SMILES string of the molecule is Cc1c(CCC(=O)O)n(C(=O)C2=CCC(Cl)C=C2)c2ccc(F)cc12. The van der Waals surface area contributed by atoms with Crippen LogP contribution >= 0.6 is 11.6 Å². The lowest BCUT2D eigenvalue weighted by atomic mass is 10.1. The smallest absolute Gasteiger partial charge is 0.303 e. The number of aliphatic carboxylic acids is 1. The molecular weight excluding hydrogens is 345 g/mol. The Labute approximate surface area is 149 Å². The van der Waals surface area contributed by atoms with Crippen LogP contribution in [0.4, 0.5) is 4.39 Å². The van der Waals surface area contributed by atoms with Crippen LogP contribution in [0.25, 0.3) is 10.9 Å². The fourth-order valence-electron chi connectivity index (χ4n) is 3.11. The largest absolute Gasteiger partial charge is 0.481 e. The Balaban J connectivity index is 2.14. The average Bonchev–Trinajstić information content (AvgIpc) is 2.85. The molecule has 6 heteroatoms. The maximum Gasteiger partial charge on any atom is 0.303 e. The number of nitrogens with zero attached hydrogens (tertiary/aromatic N) is 1. The van der Waals surface area contributed by atoms with Gasteiger partial charge in [0, 0.05) is 16.7 Å². The van der Waals surface area contributed by atoms with E-state index in [1.165, 1.54) is 16.7 Å². The zero-order chi connectivity index (χ0) is 18.1. The van der Waals surface area contributed by atoms with Gasteiger partial charge in [-0.2, -0.15) is 0 Å². The second kappa shape index (κ2) is 6.84. The normalized spacial score (nSPS) is 16.9. The van der Waals surface area contributed by atoms with E-state index < -0.39 is 11.8 Å². The van der Waals surface area contributed by atoms with E-state index in [1.807, 2.05) is 0 Å². The lowest BCUT2D eigenvalue weighted by Crippen LogP contribution is -2.18. The number of aromatic nitrogens is 1. The van der Waals surface area contributed by atoms with Gasteiger partial charge < -0.3 is 5.11 Å². The summed E-state index contributed by atoms with van der Waals surface area (Å²) in [4.78, 5) is 24.0. The van der Waals surface area contributed by atoms with Gasteiger partial charge in [0.1, 0.15) is 5.82 Å². The van der Waals surface area contributed by atoms with Gasteiger partial charge >= 0.3 is 5.97 Å². The van der Waals surface area contributed by atoms with Gasteiger partial charge in [-0.05, 0) is 43.5 Å². The van der Waals surface area contributed by atoms with Gasteiger partial charge in [-0.1, -0.05) is 18.2 Å². The van der Waals surface area contributed by atoms with E-state index in [-0.39, 0.29) is 24.1 Å². The minimum absolute atomic E-state index is 0.106. The third kappa shape index (κ3) is 3.37. The first-order valence-electron chi connectivity index (χ1n) is 7.97. The highest BCUT2D eigenvalue weighted by molar-refractivity contribution is 6.22. The molecule has 0 spiro atoms. The topological polar surface area (TPSA) is 59.3 Å². The van der Waals surface area contributed by atoms with Gasteiger partial charge in [0.25, 0.3) is 5.91 Å². The maximum atomic E-state index is 13.6. The number of fused-ring (bicyclic) bond motifs is 1. The van der Waals surface area contributed by atoms with Gasteiger partial charge in [0.2, 0.25) is 0 Å². The summed E-state index contributed by atoms with van der Waals surface area (Å²) in [7, 11) is 0. The highest BCUT2D eigenvalue weighted by Crippen LogP contribution is 2.29. The summed E-state index contributed by atoms with van der Waals surface area (Å²) in [5.74, 6) is -1.60. The van der Waals surface area contributed by atoms with Crippen molar-refractivity contribution in [1.82, 2.24) is 4.57 Å². The molecule has 1 aliphatic rings. The minimum Gasteiger partial charge on any atom is -0.481 e. The lowest BCUT2D eigenvalue weighted by Gasteiger charge is -2.13. The predicted molar refractivity (Wildman–Crippen MR) is 94.7 cm³/mol. The van der Waals surface area contributed by atoms with E-state index in [1.54, 1.807) is 31.2 Å². The monoisotopic (exact) mass is 361 g/mol. The van der Waals surface area contributed by atoms with Crippen molar-refractivity contribution >= 4 is 34.4 Å². The minimum atomic E-state index is -0.948. The van der Waals surface area contributed by atoms with Crippen LogP contribution < -0.4 is 0 Å². The molecule has 1 aliphatic carbocycles. The van der Waals surface area contributed by atoms with E-state index in [4.69, 9.17) is 16.7 Å². The van der Waals surface area contributed by atoms with E-state index in [9.17, 15) is 14.0 Å². The lowest BCUT2D eigenvalue weighted by molar-refractivity contribution is -0.137. The number of carboxylic acids is 1. The van der Waals surface area contributed by atoms with E-state index >= 15 is 0 Å². The van der Waals surface area contributed by atoms with Gasteiger partial charge in [0.15, 0.2) is 0 Å². The predicted octanol–water partition coefficient (Wildman–Crippen LogP) is 4.24. The zero-order valence-corrected chi connectivity index (χ0v) is 14.4. The molecular formula is C19H17ClFNO3. The van der Waals surface area contributed by atoms with Crippen LogP contribution in [-0.2, 0) is 11.2 Å². The molecule has 1 aromatic heterocycles. The Morgan fingerprint density at radius 1 is 1.40 bits per heavy atom. The van der Waals surface area contributed by atoms with Crippen molar-refractivity contribution in [3.8, 4) is 0 Å². The molecule has 0 bridgehead atoms. The summed E-state index contributed by atoms with van der Waals surface area (Å²) in [5.41, 5.74) is 2.39. The molecule has 0 saturated heterocycles. The fraction of sp³-hybridized carbons (Fsp3) is 0.263. The molecule has 1 atom stereocenters. The fourth-order valence-corrected chi connectivity index (χ4v) is 3.27. The van der Waals surface area contributed by atoms with Gasteiger partial charge in [-0.25, -0.2) is 4.39 Å². The van der Waals surface area contributed by atoms with Crippen molar-refractivity contribution in [3.63, 3.8) is 0 Å². The number of carboxylic acid groups (broad SMARTS) is 1. The molecule has 1 aromatic carbocycles. The van der Waals surface area contributed by atoms with Crippen LogP contribution in [0.3, 0.4) is 0 Å². The maximum absolute atomic E-state index is 13.6. The summed E-state index contributed by atoms with van der Waals surface area (Å²) in [6.45, 7) is 1.78. The van der Waals surface area contributed by atoms with Gasteiger partial charge in [-0.15, -0.1) is 11.6 Å². The number of alkyl halides is 1. The molecule has 3 rings (SSSR count). The number of hydrogen-bond acceptors (Lipinski definition) is 2. The Bertz CT molecular complexity index is 926. The van der Waals surface area contributed by atoms with E-state index in [2.05, 4.69) is 0 Å². The molecule has 0 amide bonds. The Morgan fingerprint density at radius 3 is 2.80 bits per heavy atom. The summed E-state index contributed by atoms with van der Waals surface area (Å²) in [6.07, 6.45) is 5.84. The highest BCUT2D eigenvalue weighted by atomic mass is 35.5. The first-order chi connectivity index (χ1) is 11.9. The molecule has 0 fully saturated rings. The standard InChI is InChI=1S/C19H17ClFNO3/c1-11-15-10-14(21)6-7-17(15)22(16(11)8-9-18(23)24)19(25)12-2-4-13(20)5-3-12/h2-4,6-7,10,13H,5,8-9H2,1H3,(H,23,24). The second-order valence-electron chi connectivity index (χ2n) is 6.04. The highest BCUT2D eigenvalue weighted by Gasteiger charge is 2.22. The second-order valence-corrected chi connectivity index (χ2v) is 6.60. The molecule has 130 valence electrons. The molecule has 0 aliphatic heterocycles. The van der Waals surface area contributed by atoms with Crippen molar-refractivity contribution in [2.45, 2.75) is 31.6 Å². The molecule has 4 nitrogen and oxygen atoms in total. The molecule has 25 heavy (non-hydrogen) atoms. The van der Waals surface area contributed by atoms with Crippen LogP contribution in [0.1, 0.15) is 28.9 Å². The number of hydrogen-bond donors (Lipinski definition) is 1. The zero-order valence-electron chi connectivity index (χ0n) is 13.6. The quantitative estimate of drug-likeness (QED) is 0.828. The molecule has 1 unspecified atom stereocenters. The first-order valence-corrected chi connectivity index (χ1v) is 8.40. The number of aryl methyl sites for hydroxylation is 1. The number of halogens is 2. The number of benzene rings is 1. The Hall–Kier alpha value is -2.40. The van der Waals surface area contributed by atoms with Gasteiger partial charge in [-0.3, -0.25) is 14.2 Å². The summed E-state index contributed by atoms with van der Waals surface area (Å²) >= 11 is 6.01. The summed E-state index contributed by atoms with van der Waals surface area (Å²) in [6, 6.07) is 4.22. The third-order valence-electron chi connectivity index (χ3n) is 4.38. The first kappa shape index (κ1) is 17.4. The van der Waals surface area contributed by atoms with Crippen molar-refractivity contribution in [3.05, 3.63) is 59.1 Å². The Morgan fingerprint density at radius 2 is 2.16 bits per heavy atom. The summed E-state index contributed by atoms with van der Waals surface area (Å²) < 4.78 is 15.1. The molecule has 0 radical (unpaired) electrons. The molecule has 1 N–H and O–H groups in total. The number of carbonyl (C=O) groups is 2. The molecule has 1 heterocycles. The molecule has 0 saturated carbocycles. The van der Waals surface area contributed by atoms with Crippen LogP contribution in [0.5, 0.6) is 0 Å². The number of carbonyl (C=O) groups excluding carboxylic acids is 1. The molecule has 2 aromatic rings. The van der Waals surface area contributed by atoms with Crippen molar-refractivity contribution < 1.29 is 19.1 Å². The van der Waals surface area contributed by atoms with Crippen molar-refractivity contribution in [2.75, 3.05) is 0 Å². The van der Waals surface area contributed by atoms with E-state index in [0.29, 0.717) is 28.6 Å².